The minimum Gasteiger partial charge on any atom is -0.550 e. The van der Waals surface area contributed by atoms with Gasteiger partial charge in [0.25, 0.3) is 5.91 Å². The Labute approximate surface area is 278 Å². The fourth-order valence-corrected chi connectivity index (χ4v) is 4.97. The maximum atomic E-state index is 12.0. The summed E-state index contributed by atoms with van der Waals surface area (Å²) in [6, 6.07) is 6.66. The summed E-state index contributed by atoms with van der Waals surface area (Å²) in [7, 11) is -3.53. The van der Waals surface area contributed by atoms with Crippen LogP contribution in [0.15, 0.2) is 42.0 Å². The number of sulfonamides is 1. The quantitative estimate of drug-likeness (QED) is 0.0511. The molecule has 0 aliphatic rings. The fourth-order valence-electron chi connectivity index (χ4n) is 4.03. The van der Waals surface area contributed by atoms with E-state index in [4.69, 9.17) is 5.11 Å². The SMILES string of the molecule is CCCCCCCCCC(=O)[O-].CS(=O)(=O)NNC(=O)c1ccc[n+](CC(=O)c2cccs2)c1.[CH2-]CCCCCCCCC(=O)O. The summed E-state index contributed by atoms with van der Waals surface area (Å²) in [5.41, 5.74) is 2.31. The van der Waals surface area contributed by atoms with E-state index in [-0.39, 0.29) is 24.3 Å². The average Bonchev–Trinajstić information content (AvgIpc) is 3.55. The molecule has 0 aliphatic carbocycles. The number of Topliss-reactive ketones (excluding diaryl/α,β-unsaturated/α-hetero) is 1. The summed E-state index contributed by atoms with van der Waals surface area (Å²) in [5, 5.41) is 20.2. The second-order valence-corrected chi connectivity index (χ2v) is 13.6. The standard InChI is InChI=1S/C13H13N3O4S2.C10H20O2.C10H19O2/c1-22(19,20)15-14-13(18)10-4-2-6-16(8-10)9-11(17)12-5-3-7-21-12;2*1-2-3-4-5-6-7-8-9-10(11)12/h2-8,15H,9H2,1H3;2-9H2,1H3,(H,11,12);1-9H2,(H,11,12)/q;;-1. The molecule has 0 aliphatic heterocycles. The van der Waals surface area contributed by atoms with Gasteiger partial charge in [-0.15, -0.1) is 16.2 Å². The lowest BCUT2D eigenvalue weighted by Crippen LogP contribution is -2.43. The van der Waals surface area contributed by atoms with Crippen molar-refractivity contribution in [3.63, 3.8) is 0 Å². The van der Waals surface area contributed by atoms with E-state index in [1.54, 1.807) is 29.0 Å². The smallest absolute Gasteiger partial charge is 0.303 e. The lowest BCUT2D eigenvalue weighted by atomic mass is 10.1. The third-order valence-electron chi connectivity index (χ3n) is 6.47. The van der Waals surface area contributed by atoms with Crippen molar-refractivity contribution in [1.29, 1.82) is 0 Å². The van der Waals surface area contributed by atoms with Crippen molar-refractivity contribution >= 4 is 45.0 Å². The molecule has 0 fully saturated rings. The Hall–Kier alpha value is -3.16. The van der Waals surface area contributed by atoms with Crippen molar-refractivity contribution < 1.29 is 42.4 Å². The van der Waals surface area contributed by atoms with E-state index in [2.05, 4.69) is 19.3 Å². The zero-order valence-electron chi connectivity index (χ0n) is 27.3. The first kappa shape index (κ1) is 42.8. The zero-order valence-corrected chi connectivity index (χ0v) is 29.0. The topological polar surface area (TPSA) is 174 Å². The van der Waals surface area contributed by atoms with Crippen molar-refractivity contribution in [1.82, 2.24) is 10.3 Å². The number of unbranched alkanes of at least 4 members (excludes halogenated alkanes) is 12. The molecule has 0 saturated carbocycles. The van der Waals surface area contributed by atoms with Gasteiger partial charge in [-0.2, -0.15) is 11.0 Å². The Bertz CT molecular complexity index is 1210. The van der Waals surface area contributed by atoms with Gasteiger partial charge in [-0.3, -0.25) is 19.8 Å². The number of pyridine rings is 1. The summed E-state index contributed by atoms with van der Waals surface area (Å²) in [6.07, 6.45) is 20.5. The molecule has 260 valence electrons. The minimum atomic E-state index is -3.53. The van der Waals surface area contributed by atoms with Crippen molar-refractivity contribution in [2.24, 2.45) is 0 Å². The molecular formula is C33H52N3O8S2-. The Kier molecular flexibility index (Phi) is 25.1. The molecule has 0 aromatic carbocycles. The van der Waals surface area contributed by atoms with E-state index in [1.807, 2.05) is 10.2 Å². The molecule has 3 N–H and O–H groups in total. The van der Waals surface area contributed by atoms with Crippen LogP contribution >= 0.6 is 11.3 Å². The van der Waals surface area contributed by atoms with Gasteiger partial charge in [0.1, 0.15) is 5.56 Å². The predicted octanol–water partition coefficient (Wildman–Crippen LogP) is 5.02. The van der Waals surface area contributed by atoms with E-state index in [0.717, 1.165) is 38.4 Å². The average molecular weight is 683 g/mol. The first-order chi connectivity index (χ1) is 21.9. The van der Waals surface area contributed by atoms with Crippen LogP contribution in [0.3, 0.4) is 0 Å². The number of thiophene rings is 1. The highest BCUT2D eigenvalue weighted by atomic mass is 32.2. The van der Waals surface area contributed by atoms with Crippen LogP contribution in [0, 0.1) is 6.92 Å². The number of nitrogens with zero attached hydrogens (tertiary/aromatic N) is 1. The molecule has 0 bridgehead atoms. The number of carboxylic acids is 2. The zero-order chi connectivity index (χ0) is 34.6. The number of carbonyl (C=O) groups excluding carboxylic acids is 3. The molecule has 13 heteroatoms. The van der Waals surface area contributed by atoms with Gasteiger partial charge in [0.15, 0.2) is 12.4 Å². The van der Waals surface area contributed by atoms with E-state index >= 15 is 0 Å². The second kappa shape index (κ2) is 27.0. The summed E-state index contributed by atoms with van der Waals surface area (Å²) >= 11 is 1.35. The van der Waals surface area contributed by atoms with Gasteiger partial charge < -0.3 is 21.9 Å². The molecular weight excluding hydrogens is 631 g/mol. The van der Waals surface area contributed by atoms with Gasteiger partial charge in [-0.25, -0.2) is 8.42 Å². The van der Waals surface area contributed by atoms with Gasteiger partial charge in [0.2, 0.25) is 22.4 Å². The number of hydrogen-bond acceptors (Lipinski definition) is 8. The lowest BCUT2D eigenvalue weighted by molar-refractivity contribution is -0.683. The highest BCUT2D eigenvalue weighted by molar-refractivity contribution is 7.88. The molecule has 0 saturated heterocycles. The number of nitrogens with one attached hydrogen (secondary N) is 2. The van der Waals surface area contributed by atoms with Crippen LogP contribution in [-0.2, 0) is 26.2 Å². The summed E-state index contributed by atoms with van der Waals surface area (Å²) < 4.78 is 23.4. The predicted molar refractivity (Wildman–Crippen MR) is 178 cm³/mol. The van der Waals surface area contributed by atoms with Crippen molar-refractivity contribution in [2.45, 2.75) is 116 Å². The first-order valence-electron chi connectivity index (χ1n) is 15.9. The fraction of sp³-hybridized carbons (Fsp3) is 0.576. The highest BCUT2D eigenvalue weighted by Gasteiger charge is 2.16. The van der Waals surface area contributed by atoms with Gasteiger partial charge in [0.05, 0.1) is 11.1 Å². The minimum absolute atomic E-state index is 0.0631. The van der Waals surface area contributed by atoms with Crippen LogP contribution in [0.25, 0.3) is 0 Å². The molecule has 0 spiro atoms. The number of hydrazine groups is 1. The molecule has 2 rings (SSSR count). The van der Waals surface area contributed by atoms with Crippen LogP contribution in [0.5, 0.6) is 0 Å². The van der Waals surface area contributed by atoms with Gasteiger partial charge in [0, 0.05) is 18.5 Å². The molecule has 11 nitrogen and oxygen atoms in total. The van der Waals surface area contributed by atoms with E-state index in [1.165, 1.54) is 81.4 Å². The van der Waals surface area contributed by atoms with Crippen LogP contribution in [-0.4, -0.2) is 43.4 Å². The molecule has 2 aromatic rings. The van der Waals surface area contributed by atoms with E-state index in [9.17, 15) is 32.7 Å². The van der Waals surface area contributed by atoms with Crippen molar-refractivity contribution in [3.8, 4) is 0 Å². The Morgan fingerprint density at radius 1 is 0.891 bits per heavy atom. The van der Waals surface area contributed by atoms with E-state index in [0.29, 0.717) is 11.3 Å². The maximum Gasteiger partial charge on any atom is 0.303 e. The maximum absolute atomic E-state index is 12.0. The third kappa shape index (κ3) is 26.1. The Morgan fingerprint density at radius 2 is 1.48 bits per heavy atom. The van der Waals surface area contributed by atoms with Crippen molar-refractivity contribution in [3.05, 3.63) is 59.4 Å². The van der Waals surface area contributed by atoms with Gasteiger partial charge in [-0.1, -0.05) is 83.6 Å². The first-order valence-corrected chi connectivity index (χ1v) is 18.7. The van der Waals surface area contributed by atoms with Gasteiger partial charge in [-0.05, 0) is 36.8 Å². The molecule has 0 radical (unpaired) electrons. The van der Waals surface area contributed by atoms with E-state index < -0.39 is 27.9 Å². The highest BCUT2D eigenvalue weighted by Crippen LogP contribution is 2.10. The number of hydrogen-bond donors (Lipinski definition) is 3. The second-order valence-electron chi connectivity index (χ2n) is 10.9. The molecule has 46 heavy (non-hydrogen) atoms. The van der Waals surface area contributed by atoms with Crippen LogP contribution in [0.2, 0.25) is 0 Å². The normalized spacial score (nSPS) is 10.6. The third-order valence-corrected chi connectivity index (χ3v) is 7.85. The van der Waals surface area contributed by atoms with Crippen LogP contribution < -0.4 is 19.9 Å². The Balaban J connectivity index is 0.000000722. The molecule has 1 amide bonds. The number of aliphatic carboxylic acids is 2. The number of aromatic nitrogens is 1. The van der Waals surface area contributed by atoms with Crippen molar-refractivity contribution in [2.75, 3.05) is 6.26 Å². The number of amides is 1. The summed E-state index contributed by atoms with van der Waals surface area (Å²) in [6.45, 7) is 6.05. The molecule has 2 heterocycles. The summed E-state index contributed by atoms with van der Waals surface area (Å²) in [5.74, 6) is -2.26. The molecule has 0 atom stereocenters. The molecule has 0 unspecified atom stereocenters. The monoisotopic (exact) mass is 682 g/mol. The molecule has 2 aromatic heterocycles. The van der Waals surface area contributed by atoms with Crippen LogP contribution in [0.4, 0.5) is 0 Å². The lowest BCUT2D eigenvalue weighted by Gasteiger charge is -2.04. The largest absolute Gasteiger partial charge is 0.550 e. The number of rotatable bonds is 22. The number of carbonyl (C=O) groups is 4. The number of ketones is 1. The van der Waals surface area contributed by atoms with Crippen LogP contribution in [0.1, 0.15) is 130 Å². The van der Waals surface area contributed by atoms with Gasteiger partial charge >= 0.3 is 5.97 Å². The summed E-state index contributed by atoms with van der Waals surface area (Å²) in [4.78, 5) is 46.5. The number of carboxylic acid groups (broad SMARTS) is 2. The Morgan fingerprint density at radius 3 is 2.00 bits per heavy atom.